The van der Waals surface area contributed by atoms with E-state index in [9.17, 15) is 9.59 Å². The second kappa shape index (κ2) is 6.05. The van der Waals surface area contributed by atoms with Gasteiger partial charge in [-0.1, -0.05) is 0 Å². The minimum Gasteiger partial charge on any atom is -0.490 e. The number of nitrogens with zero attached hydrogens (tertiary/aromatic N) is 2. The zero-order valence-corrected chi connectivity index (χ0v) is 12.3. The number of hydrazone groups is 1. The van der Waals surface area contributed by atoms with Crippen molar-refractivity contribution in [3.8, 4) is 11.5 Å². The molecule has 0 unspecified atom stereocenters. The van der Waals surface area contributed by atoms with Crippen LogP contribution < -0.4 is 14.8 Å². The smallest absolute Gasteiger partial charge is 0.271 e. The van der Waals surface area contributed by atoms with Gasteiger partial charge < -0.3 is 14.8 Å². The zero-order valence-electron chi connectivity index (χ0n) is 12.3. The van der Waals surface area contributed by atoms with E-state index < -0.39 is 0 Å². The van der Waals surface area contributed by atoms with E-state index in [1.54, 1.807) is 25.2 Å². The van der Waals surface area contributed by atoms with Crippen molar-refractivity contribution in [1.29, 1.82) is 0 Å². The Hall–Kier alpha value is -2.57. The summed E-state index contributed by atoms with van der Waals surface area (Å²) in [5.74, 6) is 0.894. The summed E-state index contributed by atoms with van der Waals surface area (Å²) in [6.45, 7) is 1.21. The average Bonchev–Trinajstić information content (AvgIpc) is 2.74. The van der Waals surface area contributed by atoms with Crippen molar-refractivity contribution in [1.82, 2.24) is 5.01 Å². The predicted octanol–water partition coefficient (Wildman–Crippen LogP) is 1.39. The highest BCUT2D eigenvalue weighted by atomic mass is 16.5. The maximum absolute atomic E-state index is 12.2. The van der Waals surface area contributed by atoms with Gasteiger partial charge in [0, 0.05) is 38.1 Å². The van der Waals surface area contributed by atoms with Gasteiger partial charge in [-0.2, -0.15) is 5.10 Å². The third-order valence-corrected chi connectivity index (χ3v) is 3.47. The molecule has 1 aromatic carbocycles. The van der Waals surface area contributed by atoms with Gasteiger partial charge in [0.25, 0.3) is 5.91 Å². The van der Waals surface area contributed by atoms with Gasteiger partial charge in [0.05, 0.1) is 13.2 Å². The first-order valence-corrected chi connectivity index (χ1v) is 7.18. The van der Waals surface area contributed by atoms with Crippen LogP contribution in [-0.4, -0.2) is 42.8 Å². The van der Waals surface area contributed by atoms with Crippen LogP contribution in [0.2, 0.25) is 0 Å². The van der Waals surface area contributed by atoms with Crippen LogP contribution in [0.3, 0.4) is 0 Å². The van der Waals surface area contributed by atoms with Crippen LogP contribution >= 0.6 is 0 Å². The van der Waals surface area contributed by atoms with E-state index in [4.69, 9.17) is 9.47 Å². The lowest BCUT2D eigenvalue weighted by atomic mass is 10.1. The van der Waals surface area contributed by atoms with Gasteiger partial charge in [-0.05, 0) is 12.1 Å². The van der Waals surface area contributed by atoms with Gasteiger partial charge in [0.15, 0.2) is 11.5 Å². The Morgan fingerprint density at radius 3 is 2.77 bits per heavy atom. The Bertz CT molecular complexity index is 642. The van der Waals surface area contributed by atoms with E-state index in [2.05, 4.69) is 10.4 Å². The predicted molar refractivity (Wildman–Crippen MR) is 80.1 cm³/mol. The molecular weight excluding hydrogens is 286 g/mol. The summed E-state index contributed by atoms with van der Waals surface area (Å²) in [7, 11) is 1.54. The summed E-state index contributed by atoms with van der Waals surface area (Å²) in [6, 6.07) is 5.26. The molecule has 0 bridgehead atoms. The van der Waals surface area contributed by atoms with E-state index in [1.807, 2.05) is 0 Å². The summed E-state index contributed by atoms with van der Waals surface area (Å²) in [5.41, 5.74) is 0.950. The highest BCUT2D eigenvalue weighted by molar-refractivity contribution is 6.43. The number of hydrogen-bond donors (Lipinski definition) is 1. The number of carbonyl (C=O) groups excluding carboxylic acids is 2. The van der Waals surface area contributed by atoms with Crippen molar-refractivity contribution >= 4 is 23.2 Å². The molecular formula is C15H17N3O4. The molecule has 3 rings (SSSR count). The number of anilines is 1. The van der Waals surface area contributed by atoms with Gasteiger partial charge in [-0.25, -0.2) is 5.01 Å². The number of nitrogens with one attached hydrogen (secondary N) is 1. The molecule has 22 heavy (non-hydrogen) atoms. The fraction of sp³-hybridized carbons (Fsp3) is 0.400. The molecule has 1 aromatic rings. The first kappa shape index (κ1) is 14.4. The normalized spacial score (nSPS) is 17.6. The van der Waals surface area contributed by atoms with E-state index >= 15 is 0 Å². The average molecular weight is 303 g/mol. The molecule has 0 aromatic heterocycles. The number of amides is 2. The molecule has 2 aliphatic rings. The number of fused-ring (bicyclic) bond motifs is 1. The molecule has 2 amide bonds. The largest absolute Gasteiger partial charge is 0.490 e. The van der Waals surface area contributed by atoms with E-state index in [-0.39, 0.29) is 11.8 Å². The van der Waals surface area contributed by atoms with Crippen LogP contribution in [0.15, 0.2) is 23.3 Å². The fourth-order valence-electron chi connectivity index (χ4n) is 2.28. The van der Waals surface area contributed by atoms with E-state index in [1.165, 1.54) is 5.01 Å². The van der Waals surface area contributed by atoms with Crippen LogP contribution in [0.5, 0.6) is 11.5 Å². The number of benzene rings is 1. The maximum Gasteiger partial charge on any atom is 0.271 e. The first-order valence-electron chi connectivity index (χ1n) is 7.18. The van der Waals surface area contributed by atoms with E-state index in [0.29, 0.717) is 49.0 Å². The molecule has 0 aliphatic carbocycles. The third-order valence-electron chi connectivity index (χ3n) is 3.47. The van der Waals surface area contributed by atoms with Gasteiger partial charge in [0.1, 0.15) is 5.71 Å². The second-order valence-electron chi connectivity index (χ2n) is 5.13. The van der Waals surface area contributed by atoms with Crippen LogP contribution in [0, 0.1) is 0 Å². The number of carbonyl (C=O) groups is 2. The van der Waals surface area contributed by atoms with Crippen molar-refractivity contribution in [2.24, 2.45) is 5.10 Å². The Morgan fingerprint density at radius 2 is 2.00 bits per heavy atom. The Morgan fingerprint density at radius 1 is 1.23 bits per heavy atom. The summed E-state index contributed by atoms with van der Waals surface area (Å²) in [6.07, 6.45) is 1.47. The molecule has 2 aliphatic heterocycles. The molecule has 0 saturated heterocycles. The van der Waals surface area contributed by atoms with Gasteiger partial charge in [0.2, 0.25) is 5.91 Å². The first-order chi connectivity index (χ1) is 10.6. The van der Waals surface area contributed by atoms with Crippen molar-refractivity contribution in [2.75, 3.05) is 25.6 Å². The second-order valence-corrected chi connectivity index (χ2v) is 5.13. The van der Waals surface area contributed by atoms with Gasteiger partial charge >= 0.3 is 0 Å². The highest BCUT2D eigenvalue weighted by Gasteiger charge is 2.22. The summed E-state index contributed by atoms with van der Waals surface area (Å²) < 4.78 is 11.1. The molecule has 1 N–H and O–H groups in total. The molecule has 0 radical (unpaired) electrons. The molecule has 7 heteroatoms. The highest BCUT2D eigenvalue weighted by Crippen LogP contribution is 2.32. The van der Waals surface area contributed by atoms with Crippen molar-refractivity contribution < 1.29 is 19.1 Å². The maximum atomic E-state index is 12.2. The SMILES string of the molecule is CN1N=C(C(=O)Nc2ccc3c(c2)OCCCO3)CCC1=O. The number of rotatable bonds is 2. The minimum atomic E-state index is -0.311. The molecule has 116 valence electrons. The van der Waals surface area contributed by atoms with E-state index in [0.717, 1.165) is 6.42 Å². The Labute approximate surface area is 127 Å². The van der Waals surface area contributed by atoms with Crippen LogP contribution in [0.4, 0.5) is 5.69 Å². The third kappa shape index (κ3) is 3.03. The molecule has 2 heterocycles. The topological polar surface area (TPSA) is 80.2 Å². The van der Waals surface area contributed by atoms with Crippen molar-refractivity contribution in [3.63, 3.8) is 0 Å². The lowest BCUT2D eigenvalue weighted by Crippen LogP contribution is -2.34. The lowest BCUT2D eigenvalue weighted by Gasteiger charge is -2.19. The van der Waals surface area contributed by atoms with Crippen molar-refractivity contribution in [2.45, 2.75) is 19.3 Å². The van der Waals surface area contributed by atoms with Gasteiger partial charge in [-0.3, -0.25) is 9.59 Å². The number of ether oxygens (including phenoxy) is 2. The Kier molecular flexibility index (Phi) is 3.95. The summed E-state index contributed by atoms with van der Waals surface area (Å²) >= 11 is 0. The summed E-state index contributed by atoms with van der Waals surface area (Å²) in [4.78, 5) is 23.6. The molecule has 0 spiro atoms. The summed E-state index contributed by atoms with van der Waals surface area (Å²) in [5, 5.41) is 7.97. The molecule has 7 nitrogen and oxygen atoms in total. The number of hydrogen-bond acceptors (Lipinski definition) is 5. The molecule has 0 saturated carbocycles. The standard InChI is InChI=1S/C15H17N3O4/c1-18-14(19)6-4-11(17-18)15(20)16-10-3-5-12-13(9-10)22-8-2-7-21-12/h3,5,9H,2,4,6-8H2,1H3,(H,16,20). The van der Waals surface area contributed by atoms with Crippen LogP contribution in [0.1, 0.15) is 19.3 Å². The Balaban J connectivity index is 1.73. The van der Waals surface area contributed by atoms with Gasteiger partial charge in [-0.15, -0.1) is 0 Å². The quantitative estimate of drug-likeness (QED) is 0.895. The van der Waals surface area contributed by atoms with Crippen LogP contribution in [0.25, 0.3) is 0 Å². The molecule has 0 atom stereocenters. The lowest BCUT2D eigenvalue weighted by molar-refractivity contribution is -0.130. The fourth-order valence-corrected chi connectivity index (χ4v) is 2.28. The monoisotopic (exact) mass is 303 g/mol. The molecule has 0 fully saturated rings. The van der Waals surface area contributed by atoms with Crippen LogP contribution in [-0.2, 0) is 9.59 Å². The zero-order chi connectivity index (χ0) is 15.5. The minimum absolute atomic E-state index is 0.0906. The van der Waals surface area contributed by atoms with Crippen molar-refractivity contribution in [3.05, 3.63) is 18.2 Å².